The smallest absolute Gasteiger partial charge is 0.260 e. The molecule has 0 unspecified atom stereocenters. The molecule has 0 fully saturated rings. The van der Waals surface area contributed by atoms with Gasteiger partial charge in [-0.1, -0.05) is 35.3 Å². The Labute approximate surface area is 203 Å². The Hall–Kier alpha value is -2.81. The van der Waals surface area contributed by atoms with E-state index >= 15 is 0 Å². The normalized spacial score (nSPS) is 11.7. The molecule has 0 aliphatic heterocycles. The van der Waals surface area contributed by atoms with Crippen molar-refractivity contribution in [3.8, 4) is 5.69 Å². The van der Waals surface area contributed by atoms with Gasteiger partial charge in [0.1, 0.15) is 6.54 Å². The predicted molar refractivity (Wildman–Crippen MR) is 134 cm³/mol. The molecule has 2 aromatic carbocycles. The van der Waals surface area contributed by atoms with Crippen molar-refractivity contribution in [1.29, 1.82) is 0 Å². The van der Waals surface area contributed by atoms with Crippen LogP contribution in [0.15, 0.2) is 53.6 Å². The maximum absolute atomic E-state index is 12.5. The first-order valence-corrected chi connectivity index (χ1v) is 12.6. The van der Waals surface area contributed by atoms with Gasteiger partial charge in [-0.2, -0.15) is 5.10 Å². The van der Waals surface area contributed by atoms with Crippen LogP contribution >= 0.6 is 23.2 Å². The van der Waals surface area contributed by atoms with E-state index in [9.17, 15) is 13.2 Å². The summed E-state index contributed by atoms with van der Waals surface area (Å²) >= 11 is 12.1. The van der Waals surface area contributed by atoms with Crippen molar-refractivity contribution >= 4 is 51.0 Å². The average Bonchev–Trinajstić information content (AvgIpc) is 3.00. The first-order valence-electron chi connectivity index (χ1n) is 9.98. The van der Waals surface area contributed by atoms with Gasteiger partial charge in [0.2, 0.25) is 10.0 Å². The van der Waals surface area contributed by atoms with Crippen molar-refractivity contribution in [1.82, 2.24) is 9.99 Å². The van der Waals surface area contributed by atoms with E-state index in [1.165, 1.54) is 24.4 Å². The van der Waals surface area contributed by atoms with E-state index < -0.39 is 22.5 Å². The van der Waals surface area contributed by atoms with E-state index in [0.29, 0.717) is 5.02 Å². The van der Waals surface area contributed by atoms with Crippen LogP contribution in [0.5, 0.6) is 0 Å². The van der Waals surface area contributed by atoms with Crippen molar-refractivity contribution in [3.05, 3.63) is 81.1 Å². The lowest BCUT2D eigenvalue weighted by molar-refractivity contribution is -0.119. The number of anilines is 1. The minimum Gasteiger partial charge on any atom is -0.318 e. The maximum atomic E-state index is 12.5. The van der Waals surface area contributed by atoms with Gasteiger partial charge >= 0.3 is 0 Å². The molecular formula is C23H24Cl2N4O3S. The van der Waals surface area contributed by atoms with Gasteiger partial charge in [0.15, 0.2) is 0 Å². The van der Waals surface area contributed by atoms with Crippen molar-refractivity contribution < 1.29 is 13.2 Å². The second kappa shape index (κ2) is 9.99. The molecule has 0 aliphatic carbocycles. The van der Waals surface area contributed by atoms with Gasteiger partial charge in [-0.05, 0) is 62.7 Å². The SMILES string of the molecule is Cc1cccc(-n2c(C)cc(/C=N\NC(=O)CN(c3cc(Cl)ccc3Cl)S(C)(=O)=O)c2C)c1. The molecule has 7 nitrogen and oxygen atoms in total. The van der Waals surface area contributed by atoms with Gasteiger partial charge in [-0.3, -0.25) is 9.10 Å². The topological polar surface area (TPSA) is 83.8 Å². The summed E-state index contributed by atoms with van der Waals surface area (Å²) in [6.45, 7) is 5.49. The number of nitrogens with zero attached hydrogens (tertiary/aromatic N) is 3. The van der Waals surface area contributed by atoms with Crippen LogP contribution in [-0.4, -0.2) is 37.9 Å². The molecule has 3 rings (SSSR count). The molecule has 174 valence electrons. The van der Waals surface area contributed by atoms with Crippen LogP contribution in [-0.2, 0) is 14.8 Å². The third-order valence-electron chi connectivity index (χ3n) is 4.99. The Kier molecular flexibility index (Phi) is 7.51. The van der Waals surface area contributed by atoms with Crippen molar-refractivity contribution in [2.45, 2.75) is 20.8 Å². The largest absolute Gasteiger partial charge is 0.318 e. The van der Waals surface area contributed by atoms with Crippen molar-refractivity contribution in [2.24, 2.45) is 5.10 Å². The molecule has 0 spiro atoms. The van der Waals surface area contributed by atoms with Crippen LogP contribution < -0.4 is 9.73 Å². The lowest BCUT2D eigenvalue weighted by Gasteiger charge is -2.22. The summed E-state index contributed by atoms with van der Waals surface area (Å²) in [5, 5.41) is 4.47. The molecule has 0 aliphatic rings. The molecule has 1 amide bonds. The minimum atomic E-state index is -3.80. The standard InChI is InChI=1S/C23H24Cl2N4O3S/c1-15-6-5-7-20(10-15)29-16(2)11-18(17(29)3)13-26-27-23(30)14-28(33(4,31)32)22-12-19(24)8-9-21(22)25/h5-13H,14H2,1-4H3,(H,27,30)/b26-13-. The van der Waals surface area contributed by atoms with Crippen LogP contribution in [0.25, 0.3) is 5.69 Å². The number of carbonyl (C=O) groups excluding carboxylic acids is 1. The first-order chi connectivity index (χ1) is 15.5. The number of sulfonamides is 1. The second-order valence-electron chi connectivity index (χ2n) is 7.66. The molecule has 0 saturated heterocycles. The molecule has 33 heavy (non-hydrogen) atoms. The Morgan fingerprint density at radius 3 is 2.52 bits per heavy atom. The van der Waals surface area contributed by atoms with Crippen LogP contribution in [0.3, 0.4) is 0 Å². The second-order valence-corrected chi connectivity index (χ2v) is 10.4. The Morgan fingerprint density at radius 2 is 1.85 bits per heavy atom. The molecule has 1 N–H and O–H groups in total. The van der Waals surface area contributed by atoms with Crippen LogP contribution in [0.1, 0.15) is 22.5 Å². The van der Waals surface area contributed by atoms with E-state index in [4.69, 9.17) is 23.2 Å². The van der Waals surface area contributed by atoms with Crippen molar-refractivity contribution in [2.75, 3.05) is 17.1 Å². The van der Waals surface area contributed by atoms with E-state index in [2.05, 4.69) is 21.2 Å². The summed E-state index contributed by atoms with van der Waals surface area (Å²) in [6.07, 6.45) is 2.52. The number of halogens is 2. The highest BCUT2D eigenvalue weighted by atomic mass is 35.5. The number of nitrogens with one attached hydrogen (secondary N) is 1. The molecule has 10 heteroatoms. The molecule has 0 bridgehead atoms. The third-order valence-corrected chi connectivity index (χ3v) is 6.67. The van der Waals surface area contributed by atoms with Gasteiger partial charge in [-0.15, -0.1) is 0 Å². The third kappa shape index (κ3) is 5.96. The number of hydrogen-bond donors (Lipinski definition) is 1. The lowest BCUT2D eigenvalue weighted by Crippen LogP contribution is -2.39. The Bertz CT molecular complexity index is 1330. The number of aromatic nitrogens is 1. The summed E-state index contributed by atoms with van der Waals surface area (Å²) in [4.78, 5) is 12.5. The fourth-order valence-corrected chi connectivity index (χ4v) is 4.78. The summed E-state index contributed by atoms with van der Waals surface area (Å²) in [5.41, 5.74) is 7.49. The zero-order valence-electron chi connectivity index (χ0n) is 18.6. The first kappa shape index (κ1) is 24.8. The maximum Gasteiger partial charge on any atom is 0.260 e. The van der Waals surface area contributed by atoms with Gasteiger partial charge < -0.3 is 4.57 Å². The number of hydrogen-bond acceptors (Lipinski definition) is 4. The molecule has 0 atom stereocenters. The Morgan fingerprint density at radius 1 is 1.12 bits per heavy atom. The number of benzene rings is 2. The van der Waals surface area contributed by atoms with E-state index in [-0.39, 0.29) is 10.7 Å². The summed E-state index contributed by atoms with van der Waals surface area (Å²) in [6, 6.07) is 14.5. The summed E-state index contributed by atoms with van der Waals surface area (Å²) in [5.74, 6) is -0.625. The van der Waals surface area contributed by atoms with E-state index in [1.54, 1.807) is 0 Å². The van der Waals surface area contributed by atoms with Gasteiger partial charge in [0, 0.05) is 27.7 Å². The average molecular weight is 507 g/mol. The highest BCUT2D eigenvalue weighted by Gasteiger charge is 2.23. The lowest BCUT2D eigenvalue weighted by atomic mass is 10.2. The van der Waals surface area contributed by atoms with Crippen LogP contribution in [0, 0.1) is 20.8 Å². The molecular weight excluding hydrogens is 483 g/mol. The quantitative estimate of drug-likeness (QED) is 0.374. The van der Waals surface area contributed by atoms with E-state index in [1.807, 2.05) is 45.0 Å². The zero-order chi connectivity index (χ0) is 24.3. The number of carbonyl (C=O) groups is 1. The number of amides is 1. The Balaban J connectivity index is 1.77. The zero-order valence-corrected chi connectivity index (χ0v) is 21.0. The fourth-order valence-electron chi connectivity index (χ4n) is 3.48. The fraction of sp³-hybridized carbons (Fsp3) is 0.217. The molecule has 1 aromatic heterocycles. The highest BCUT2D eigenvalue weighted by Crippen LogP contribution is 2.30. The minimum absolute atomic E-state index is 0.118. The molecule has 0 saturated carbocycles. The summed E-state index contributed by atoms with van der Waals surface area (Å²) < 4.78 is 27.5. The van der Waals surface area contributed by atoms with Crippen LogP contribution in [0.4, 0.5) is 5.69 Å². The highest BCUT2D eigenvalue weighted by molar-refractivity contribution is 7.92. The number of aryl methyl sites for hydroxylation is 2. The van der Waals surface area contributed by atoms with E-state index in [0.717, 1.165) is 38.8 Å². The monoisotopic (exact) mass is 506 g/mol. The van der Waals surface area contributed by atoms with Crippen LogP contribution in [0.2, 0.25) is 10.0 Å². The number of rotatable bonds is 7. The van der Waals surface area contributed by atoms with Gasteiger partial charge in [-0.25, -0.2) is 13.8 Å². The summed E-state index contributed by atoms with van der Waals surface area (Å²) in [7, 11) is -3.80. The predicted octanol–water partition coefficient (Wildman–Crippen LogP) is 4.63. The molecule has 0 radical (unpaired) electrons. The number of hydrazone groups is 1. The molecule has 3 aromatic rings. The van der Waals surface area contributed by atoms with Gasteiger partial charge in [0.05, 0.1) is 23.2 Å². The molecule has 1 heterocycles. The van der Waals surface area contributed by atoms with Gasteiger partial charge in [0.25, 0.3) is 5.91 Å². The van der Waals surface area contributed by atoms with Crippen molar-refractivity contribution in [3.63, 3.8) is 0 Å².